The minimum Gasteiger partial charge on any atom is -0.507 e. The lowest BCUT2D eigenvalue weighted by Crippen LogP contribution is -2.17. The Kier molecular flexibility index (Phi) is 6.20. The normalized spacial score (nSPS) is 10.6. The summed E-state index contributed by atoms with van der Waals surface area (Å²) in [6.07, 6.45) is 0.718. The van der Waals surface area contributed by atoms with Gasteiger partial charge in [-0.25, -0.2) is 4.79 Å². The molecule has 0 amide bonds. The number of hydrogen-bond donors (Lipinski definition) is 3. The molecule has 0 aliphatic rings. The molecule has 2 rings (SSSR count). The molecule has 2 aromatic rings. The molecule has 0 fully saturated rings. The minimum absolute atomic E-state index is 0. The first-order chi connectivity index (χ1) is 9.58. The highest BCUT2D eigenvalue weighted by Crippen LogP contribution is 2.31. The number of phenols is 1. The smallest absolute Gasteiger partial charge is 0.336 e. The van der Waals surface area contributed by atoms with Crippen LogP contribution in [0.15, 0.2) is 21.3 Å². The van der Waals surface area contributed by atoms with Crippen LogP contribution in [0.4, 0.5) is 0 Å². The molecular weight excluding hydrogens is 294 g/mol. The van der Waals surface area contributed by atoms with Crippen LogP contribution in [-0.4, -0.2) is 23.4 Å². The fourth-order valence-electron chi connectivity index (χ4n) is 2.31. The quantitative estimate of drug-likeness (QED) is 0.580. The molecule has 0 saturated heterocycles. The number of nitrogens with one attached hydrogen (secondary N) is 1. The highest BCUT2D eigenvalue weighted by atomic mass is 35.5. The maximum absolute atomic E-state index is 11.5. The SMILES string of the molecule is CCc1cc(=O)oc2c(C)c(O)c(CNCCO)cc12.Cl. The van der Waals surface area contributed by atoms with Crippen molar-refractivity contribution in [1.29, 1.82) is 0 Å². The molecule has 5 nitrogen and oxygen atoms in total. The van der Waals surface area contributed by atoms with E-state index in [1.165, 1.54) is 6.07 Å². The number of benzene rings is 1. The molecule has 1 aromatic carbocycles. The number of aromatic hydroxyl groups is 1. The predicted octanol–water partition coefficient (Wildman–Crippen LogP) is 1.87. The van der Waals surface area contributed by atoms with E-state index in [4.69, 9.17) is 9.52 Å². The molecule has 0 radical (unpaired) electrons. The summed E-state index contributed by atoms with van der Waals surface area (Å²) in [6.45, 7) is 4.66. The van der Waals surface area contributed by atoms with Gasteiger partial charge in [0.2, 0.25) is 0 Å². The van der Waals surface area contributed by atoms with Gasteiger partial charge in [0.1, 0.15) is 11.3 Å². The van der Waals surface area contributed by atoms with Gasteiger partial charge < -0.3 is 19.9 Å². The molecule has 0 spiro atoms. The van der Waals surface area contributed by atoms with E-state index in [9.17, 15) is 9.90 Å². The molecule has 1 heterocycles. The zero-order chi connectivity index (χ0) is 14.7. The maximum Gasteiger partial charge on any atom is 0.336 e. The van der Waals surface area contributed by atoms with Crippen LogP contribution in [0.1, 0.15) is 23.6 Å². The van der Waals surface area contributed by atoms with Gasteiger partial charge in [-0.05, 0) is 25.0 Å². The second kappa shape index (κ2) is 7.45. The second-order valence-corrected chi connectivity index (χ2v) is 4.73. The van der Waals surface area contributed by atoms with Crippen molar-refractivity contribution >= 4 is 23.4 Å². The van der Waals surface area contributed by atoms with Gasteiger partial charge in [-0.3, -0.25) is 0 Å². The van der Waals surface area contributed by atoms with Crippen LogP contribution in [0.5, 0.6) is 5.75 Å². The van der Waals surface area contributed by atoms with E-state index >= 15 is 0 Å². The lowest BCUT2D eigenvalue weighted by atomic mass is 10.0. The van der Waals surface area contributed by atoms with Gasteiger partial charge >= 0.3 is 5.63 Å². The number of fused-ring (bicyclic) bond motifs is 1. The van der Waals surface area contributed by atoms with Crippen LogP contribution < -0.4 is 10.9 Å². The van der Waals surface area contributed by atoms with Gasteiger partial charge in [0, 0.05) is 35.7 Å². The zero-order valence-electron chi connectivity index (χ0n) is 12.1. The van der Waals surface area contributed by atoms with Crippen molar-refractivity contribution in [3.05, 3.63) is 39.2 Å². The molecular formula is C15H20ClNO4. The number of aliphatic hydroxyl groups excluding tert-OH is 1. The van der Waals surface area contributed by atoms with Gasteiger partial charge in [-0.1, -0.05) is 6.92 Å². The Labute approximate surface area is 129 Å². The number of rotatable bonds is 5. The third kappa shape index (κ3) is 3.56. The molecule has 1 aromatic heterocycles. The van der Waals surface area contributed by atoms with E-state index < -0.39 is 5.63 Å². The minimum atomic E-state index is -0.400. The van der Waals surface area contributed by atoms with Crippen molar-refractivity contribution in [2.75, 3.05) is 13.2 Å². The summed E-state index contributed by atoms with van der Waals surface area (Å²) in [7, 11) is 0. The van der Waals surface area contributed by atoms with Crippen LogP contribution in [0.25, 0.3) is 11.0 Å². The molecule has 116 valence electrons. The van der Waals surface area contributed by atoms with E-state index in [0.29, 0.717) is 24.2 Å². The van der Waals surface area contributed by atoms with Crippen LogP contribution >= 0.6 is 12.4 Å². The fraction of sp³-hybridized carbons (Fsp3) is 0.400. The van der Waals surface area contributed by atoms with Gasteiger partial charge in [-0.2, -0.15) is 0 Å². The van der Waals surface area contributed by atoms with E-state index in [1.54, 1.807) is 6.92 Å². The van der Waals surface area contributed by atoms with Crippen LogP contribution in [0.2, 0.25) is 0 Å². The molecule has 21 heavy (non-hydrogen) atoms. The molecule has 0 saturated carbocycles. The summed E-state index contributed by atoms with van der Waals surface area (Å²) in [5.74, 6) is 0.124. The zero-order valence-corrected chi connectivity index (χ0v) is 12.9. The molecule has 0 unspecified atom stereocenters. The maximum atomic E-state index is 11.5. The highest BCUT2D eigenvalue weighted by molar-refractivity contribution is 5.86. The Morgan fingerprint density at radius 2 is 2.00 bits per heavy atom. The molecule has 0 atom stereocenters. The van der Waals surface area contributed by atoms with E-state index in [1.807, 2.05) is 13.0 Å². The Morgan fingerprint density at radius 3 is 2.62 bits per heavy atom. The van der Waals surface area contributed by atoms with Gasteiger partial charge in [0.25, 0.3) is 0 Å². The van der Waals surface area contributed by atoms with E-state index in [0.717, 1.165) is 22.9 Å². The standard InChI is InChI=1S/C15H19NO4.ClH/c1-3-10-7-13(18)20-15-9(2)14(19)11(6-12(10)15)8-16-4-5-17;/h6-7,16-17,19H,3-5,8H2,1-2H3;1H. The van der Waals surface area contributed by atoms with Crippen LogP contribution in [-0.2, 0) is 13.0 Å². The second-order valence-electron chi connectivity index (χ2n) is 4.73. The van der Waals surface area contributed by atoms with Crippen molar-refractivity contribution in [3.8, 4) is 5.75 Å². The number of phenolic OH excluding ortho intramolecular Hbond substituents is 1. The third-order valence-electron chi connectivity index (χ3n) is 3.39. The summed E-state index contributed by atoms with van der Waals surface area (Å²) in [6, 6.07) is 3.33. The molecule has 0 aliphatic heterocycles. The number of halogens is 1. The van der Waals surface area contributed by atoms with Gasteiger partial charge in [0.05, 0.1) is 6.61 Å². The summed E-state index contributed by atoms with van der Waals surface area (Å²) in [5, 5.41) is 22.8. The highest BCUT2D eigenvalue weighted by Gasteiger charge is 2.14. The summed E-state index contributed by atoms with van der Waals surface area (Å²) < 4.78 is 5.22. The number of aryl methyl sites for hydroxylation is 2. The van der Waals surface area contributed by atoms with Gasteiger partial charge in [0.15, 0.2) is 0 Å². The van der Waals surface area contributed by atoms with Crippen LogP contribution in [0.3, 0.4) is 0 Å². The van der Waals surface area contributed by atoms with E-state index in [2.05, 4.69) is 5.32 Å². The van der Waals surface area contributed by atoms with Crippen molar-refractivity contribution in [2.24, 2.45) is 0 Å². The van der Waals surface area contributed by atoms with Crippen molar-refractivity contribution in [1.82, 2.24) is 5.32 Å². The first-order valence-electron chi connectivity index (χ1n) is 6.68. The average molecular weight is 314 g/mol. The molecule has 3 N–H and O–H groups in total. The Bertz CT molecular complexity index is 681. The van der Waals surface area contributed by atoms with Crippen LogP contribution in [0, 0.1) is 6.92 Å². The number of hydrogen-bond acceptors (Lipinski definition) is 5. The van der Waals surface area contributed by atoms with E-state index in [-0.39, 0.29) is 24.8 Å². The lowest BCUT2D eigenvalue weighted by Gasteiger charge is -2.12. The first-order valence-corrected chi connectivity index (χ1v) is 6.68. The Morgan fingerprint density at radius 1 is 1.29 bits per heavy atom. The lowest BCUT2D eigenvalue weighted by molar-refractivity contribution is 0.291. The Balaban J connectivity index is 0.00000220. The summed E-state index contributed by atoms with van der Waals surface area (Å²) >= 11 is 0. The summed E-state index contributed by atoms with van der Waals surface area (Å²) in [5.41, 5.74) is 2.24. The van der Waals surface area contributed by atoms with Crippen molar-refractivity contribution in [2.45, 2.75) is 26.8 Å². The predicted molar refractivity (Wildman–Crippen MR) is 84.3 cm³/mol. The van der Waals surface area contributed by atoms with Gasteiger partial charge in [-0.15, -0.1) is 12.4 Å². The Hall–Kier alpha value is -1.56. The monoisotopic (exact) mass is 313 g/mol. The fourth-order valence-corrected chi connectivity index (χ4v) is 2.31. The third-order valence-corrected chi connectivity index (χ3v) is 3.39. The molecule has 0 aliphatic carbocycles. The number of aliphatic hydroxyl groups is 1. The summed E-state index contributed by atoms with van der Waals surface area (Å²) in [4.78, 5) is 11.5. The van der Waals surface area contributed by atoms with Crippen molar-refractivity contribution in [3.63, 3.8) is 0 Å². The van der Waals surface area contributed by atoms with Crippen molar-refractivity contribution < 1.29 is 14.6 Å². The molecule has 0 bridgehead atoms. The topological polar surface area (TPSA) is 82.7 Å². The first kappa shape index (κ1) is 17.5. The molecule has 6 heteroatoms. The average Bonchev–Trinajstić information content (AvgIpc) is 2.44. The largest absolute Gasteiger partial charge is 0.507 e.